The van der Waals surface area contributed by atoms with Crippen LogP contribution in [0, 0.1) is 0 Å². The van der Waals surface area contributed by atoms with Gasteiger partial charge < -0.3 is 16.2 Å². The molecule has 6 nitrogen and oxygen atoms in total. The molecule has 4 N–H and O–H groups in total. The maximum atomic E-state index is 12.8. The highest BCUT2D eigenvalue weighted by Gasteiger charge is 2.28. The second kappa shape index (κ2) is 5.88. The van der Waals surface area contributed by atoms with Crippen molar-refractivity contribution in [2.24, 2.45) is 0 Å². The Balaban J connectivity index is 2.06. The minimum atomic E-state index is -3.35. The molecule has 2 aromatic rings. The van der Waals surface area contributed by atoms with Gasteiger partial charge in [-0.05, 0) is 30.3 Å². The van der Waals surface area contributed by atoms with Crippen LogP contribution in [0.3, 0.4) is 0 Å². The van der Waals surface area contributed by atoms with Crippen molar-refractivity contribution in [3.8, 4) is 5.69 Å². The molecule has 21 heavy (non-hydrogen) atoms. The lowest BCUT2D eigenvalue weighted by molar-refractivity contribution is -0.0462. The Morgan fingerprint density at radius 1 is 1.33 bits per heavy atom. The average molecular weight is 296 g/mol. The van der Waals surface area contributed by atoms with Crippen molar-refractivity contribution >= 4 is 11.6 Å². The normalized spacial score (nSPS) is 11.4. The zero-order chi connectivity index (χ0) is 15.5. The predicted molar refractivity (Wildman–Crippen MR) is 72.3 cm³/mol. The SMILES string of the molecule is Nc1ccc(-n2ccc(C(=O)NCC(F)(F)CO)n2)cc1. The number of alkyl halides is 2. The van der Waals surface area contributed by atoms with Crippen molar-refractivity contribution in [3.63, 3.8) is 0 Å². The predicted octanol–water partition coefficient (Wildman–Crippen LogP) is 0.812. The van der Waals surface area contributed by atoms with Crippen molar-refractivity contribution in [2.75, 3.05) is 18.9 Å². The number of nitrogens with one attached hydrogen (secondary N) is 1. The van der Waals surface area contributed by atoms with Crippen LogP contribution in [-0.4, -0.2) is 39.9 Å². The summed E-state index contributed by atoms with van der Waals surface area (Å²) in [5.74, 6) is -4.09. The van der Waals surface area contributed by atoms with Crippen LogP contribution in [0.5, 0.6) is 0 Å². The molecule has 8 heteroatoms. The fourth-order valence-corrected chi connectivity index (χ4v) is 1.57. The number of anilines is 1. The van der Waals surface area contributed by atoms with E-state index >= 15 is 0 Å². The maximum absolute atomic E-state index is 12.8. The highest BCUT2D eigenvalue weighted by molar-refractivity contribution is 5.92. The molecular formula is C13H14F2N4O2. The number of carbonyl (C=O) groups is 1. The van der Waals surface area contributed by atoms with Gasteiger partial charge in [0.2, 0.25) is 0 Å². The number of hydrogen-bond donors (Lipinski definition) is 3. The van der Waals surface area contributed by atoms with Crippen molar-refractivity contribution in [2.45, 2.75) is 5.92 Å². The third kappa shape index (κ3) is 3.76. The minimum Gasteiger partial charge on any atom is -0.399 e. The smallest absolute Gasteiger partial charge is 0.287 e. The topological polar surface area (TPSA) is 93.2 Å². The van der Waals surface area contributed by atoms with E-state index in [1.165, 1.54) is 16.9 Å². The third-order valence-corrected chi connectivity index (χ3v) is 2.72. The highest BCUT2D eigenvalue weighted by Crippen LogP contribution is 2.12. The first-order valence-electron chi connectivity index (χ1n) is 6.10. The molecule has 0 unspecified atom stereocenters. The van der Waals surface area contributed by atoms with E-state index in [4.69, 9.17) is 10.8 Å². The molecule has 0 saturated carbocycles. The van der Waals surface area contributed by atoms with Crippen LogP contribution >= 0.6 is 0 Å². The number of aliphatic hydroxyl groups excluding tert-OH is 1. The number of benzene rings is 1. The van der Waals surface area contributed by atoms with Crippen LogP contribution < -0.4 is 11.1 Å². The molecule has 0 atom stereocenters. The van der Waals surface area contributed by atoms with E-state index in [1.54, 1.807) is 24.3 Å². The van der Waals surface area contributed by atoms with Gasteiger partial charge in [-0.25, -0.2) is 13.5 Å². The zero-order valence-corrected chi connectivity index (χ0v) is 11.0. The summed E-state index contributed by atoms with van der Waals surface area (Å²) in [4.78, 5) is 11.7. The number of halogens is 2. The van der Waals surface area contributed by atoms with E-state index in [0.29, 0.717) is 11.4 Å². The number of nitrogens with two attached hydrogens (primary N) is 1. The number of hydrogen-bond acceptors (Lipinski definition) is 4. The first-order valence-corrected chi connectivity index (χ1v) is 6.10. The Bertz CT molecular complexity index is 625. The van der Waals surface area contributed by atoms with Gasteiger partial charge in [-0.2, -0.15) is 5.10 Å². The first-order chi connectivity index (χ1) is 9.91. The maximum Gasteiger partial charge on any atom is 0.287 e. The fraction of sp³-hybridized carbons (Fsp3) is 0.231. The van der Waals surface area contributed by atoms with E-state index < -0.39 is 25.0 Å². The summed E-state index contributed by atoms with van der Waals surface area (Å²) in [6.45, 7) is -2.27. The van der Waals surface area contributed by atoms with Gasteiger partial charge in [0.25, 0.3) is 11.8 Å². The summed E-state index contributed by atoms with van der Waals surface area (Å²) in [7, 11) is 0. The van der Waals surface area contributed by atoms with E-state index in [1.807, 2.05) is 5.32 Å². The lowest BCUT2D eigenvalue weighted by atomic mass is 10.3. The second-order valence-electron chi connectivity index (χ2n) is 4.43. The molecule has 0 radical (unpaired) electrons. The second-order valence-corrected chi connectivity index (χ2v) is 4.43. The van der Waals surface area contributed by atoms with E-state index in [2.05, 4.69) is 5.10 Å². The molecule has 0 fully saturated rings. The van der Waals surface area contributed by atoms with Crippen LogP contribution in [0.25, 0.3) is 5.69 Å². The van der Waals surface area contributed by atoms with Gasteiger partial charge in [-0.1, -0.05) is 0 Å². The lowest BCUT2D eigenvalue weighted by Gasteiger charge is -2.13. The average Bonchev–Trinajstić information content (AvgIpc) is 2.95. The lowest BCUT2D eigenvalue weighted by Crippen LogP contribution is -2.39. The summed E-state index contributed by atoms with van der Waals surface area (Å²) in [5.41, 5.74) is 6.84. The number of carbonyl (C=O) groups excluding carboxylic acids is 1. The summed E-state index contributed by atoms with van der Waals surface area (Å²) >= 11 is 0. The molecule has 1 amide bonds. The molecule has 112 valence electrons. The van der Waals surface area contributed by atoms with Gasteiger partial charge in [0, 0.05) is 11.9 Å². The van der Waals surface area contributed by atoms with Gasteiger partial charge in [-0.15, -0.1) is 0 Å². The highest BCUT2D eigenvalue weighted by atomic mass is 19.3. The molecule has 1 heterocycles. The van der Waals surface area contributed by atoms with Gasteiger partial charge in [-0.3, -0.25) is 4.79 Å². The number of nitrogens with zero attached hydrogens (tertiary/aromatic N) is 2. The molecule has 0 saturated heterocycles. The molecule has 0 aliphatic carbocycles. The summed E-state index contributed by atoms with van der Waals surface area (Å²) in [6, 6.07) is 8.19. The summed E-state index contributed by atoms with van der Waals surface area (Å²) in [5, 5.41) is 14.4. The monoisotopic (exact) mass is 296 g/mol. The van der Waals surface area contributed by atoms with Crippen molar-refractivity contribution in [1.29, 1.82) is 0 Å². The fourth-order valence-electron chi connectivity index (χ4n) is 1.57. The van der Waals surface area contributed by atoms with Gasteiger partial charge >= 0.3 is 0 Å². The van der Waals surface area contributed by atoms with Gasteiger partial charge in [0.1, 0.15) is 6.61 Å². The molecule has 0 aliphatic rings. The standard InChI is InChI=1S/C13H14F2N4O2/c14-13(15,8-20)7-17-12(21)11-5-6-19(18-11)10-3-1-9(16)2-4-10/h1-6,20H,7-8,16H2,(H,17,21). The molecule has 2 rings (SSSR count). The Hall–Kier alpha value is -2.48. The number of rotatable bonds is 5. The Labute approximate surface area is 119 Å². The summed E-state index contributed by atoms with van der Waals surface area (Å²) in [6.07, 6.45) is 1.53. The quantitative estimate of drug-likeness (QED) is 0.712. The molecule has 0 bridgehead atoms. The van der Waals surface area contributed by atoms with Crippen LogP contribution in [0.15, 0.2) is 36.5 Å². The molecule has 1 aromatic heterocycles. The van der Waals surface area contributed by atoms with E-state index in [9.17, 15) is 13.6 Å². The largest absolute Gasteiger partial charge is 0.399 e. The van der Waals surface area contributed by atoms with Gasteiger partial charge in [0.05, 0.1) is 12.2 Å². The minimum absolute atomic E-state index is 0.000523. The number of amides is 1. The van der Waals surface area contributed by atoms with Crippen LogP contribution in [0.2, 0.25) is 0 Å². The molecule has 0 spiro atoms. The zero-order valence-electron chi connectivity index (χ0n) is 11.0. The van der Waals surface area contributed by atoms with Crippen molar-refractivity contribution in [1.82, 2.24) is 15.1 Å². The van der Waals surface area contributed by atoms with Gasteiger partial charge in [0.15, 0.2) is 5.69 Å². The summed E-state index contributed by atoms with van der Waals surface area (Å²) < 4.78 is 27.1. The molecule has 0 aliphatic heterocycles. The Morgan fingerprint density at radius 2 is 2.00 bits per heavy atom. The van der Waals surface area contributed by atoms with Crippen molar-refractivity contribution in [3.05, 3.63) is 42.2 Å². The van der Waals surface area contributed by atoms with E-state index in [-0.39, 0.29) is 5.69 Å². The molecule has 1 aromatic carbocycles. The number of nitrogen functional groups attached to an aromatic ring is 1. The number of aromatic nitrogens is 2. The van der Waals surface area contributed by atoms with Crippen LogP contribution in [-0.2, 0) is 0 Å². The molecular weight excluding hydrogens is 282 g/mol. The van der Waals surface area contributed by atoms with Crippen LogP contribution in [0.4, 0.5) is 14.5 Å². The Kier molecular flexibility index (Phi) is 4.18. The first kappa shape index (κ1) is 14.9. The van der Waals surface area contributed by atoms with Crippen molar-refractivity contribution < 1.29 is 18.7 Å². The van der Waals surface area contributed by atoms with E-state index in [0.717, 1.165) is 0 Å². The Morgan fingerprint density at radius 3 is 2.62 bits per heavy atom. The number of aliphatic hydroxyl groups is 1. The van der Waals surface area contributed by atoms with Crippen LogP contribution in [0.1, 0.15) is 10.5 Å². The third-order valence-electron chi connectivity index (χ3n) is 2.72.